The third kappa shape index (κ3) is 5.08. The van der Waals surface area contributed by atoms with Crippen LogP contribution < -0.4 is 0 Å². The Morgan fingerprint density at radius 3 is 2.00 bits per heavy atom. The fraction of sp³-hybridized carbons (Fsp3) is 0.720. The first-order chi connectivity index (χ1) is 14.3. The number of rotatable bonds is 10. The minimum Gasteiger partial charge on any atom is -0.469 e. The molecule has 6 heteroatoms. The Morgan fingerprint density at radius 2 is 1.55 bits per heavy atom. The van der Waals surface area contributed by atoms with Gasteiger partial charge in [0.05, 0.1) is 6.61 Å². The molecular weight excluding hydrogens is 406 g/mol. The molecule has 0 aromatic heterocycles. The summed E-state index contributed by atoms with van der Waals surface area (Å²) in [5.74, 6) is 0.642. The Kier molecular flexibility index (Phi) is 8.18. The first-order valence-electron chi connectivity index (χ1n) is 11.7. The van der Waals surface area contributed by atoms with Crippen molar-refractivity contribution in [3.05, 3.63) is 35.9 Å². The molecule has 176 valence electrons. The van der Waals surface area contributed by atoms with Crippen molar-refractivity contribution >= 4 is 14.2 Å². The summed E-state index contributed by atoms with van der Waals surface area (Å²) in [4.78, 5) is 4.57. The van der Waals surface area contributed by atoms with E-state index in [4.69, 9.17) is 9.16 Å². The molecule has 0 radical (unpaired) electrons. The van der Waals surface area contributed by atoms with Gasteiger partial charge in [0.15, 0.2) is 14.4 Å². The molecule has 1 aromatic carbocycles. The number of nitrogens with zero attached hydrogens (tertiary/aromatic N) is 1. The van der Waals surface area contributed by atoms with Gasteiger partial charge in [0, 0.05) is 5.56 Å². The van der Waals surface area contributed by atoms with Gasteiger partial charge in [-0.2, -0.15) is 0 Å². The van der Waals surface area contributed by atoms with Gasteiger partial charge < -0.3 is 19.4 Å². The minimum absolute atomic E-state index is 0.0216. The normalized spacial score (nSPS) is 24.1. The Bertz CT molecular complexity index is 723. The third-order valence-corrected chi connectivity index (χ3v) is 12.8. The molecule has 1 aromatic rings. The second-order valence-electron chi connectivity index (χ2n) is 10.6. The van der Waals surface area contributed by atoms with Gasteiger partial charge in [0.25, 0.3) is 0 Å². The number of hydrogen-bond donors (Lipinski definition) is 2. The molecule has 0 saturated carbocycles. The molecule has 0 unspecified atom stereocenters. The van der Waals surface area contributed by atoms with E-state index in [0.717, 1.165) is 5.56 Å². The smallest absolute Gasteiger partial charge is 0.228 e. The maximum absolute atomic E-state index is 11.7. The lowest BCUT2D eigenvalue weighted by Crippen LogP contribution is -2.61. The summed E-state index contributed by atoms with van der Waals surface area (Å²) in [6.07, 6.45) is -0.0670. The largest absolute Gasteiger partial charge is 0.469 e. The molecule has 3 atom stereocenters. The Morgan fingerprint density at radius 1 is 1.03 bits per heavy atom. The number of hydrogen-bond acceptors (Lipinski definition) is 5. The molecule has 1 aliphatic heterocycles. The average Bonchev–Trinajstić information content (AvgIpc) is 2.99. The first-order valence-corrected chi connectivity index (χ1v) is 13.8. The van der Waals surface area contributed by atoms with Crippen LogP contribution in [0.25, 0.3) is 0 Å². The number of benzene rings is 1. The second kappa shape index (κ2) is 9.73. The first kappa shape index (κ1) is 26.0. The summed E-state index contributed by atoms with van der Waals surface area (Å²) in [6.45, 7) is 19.1. The standard InChI is InChI=1S/C25H43NO4Si/c1-17(2)15-22-25(28,26-23(30-22)21-13-11-10-12-14-21)24(9,27)16-29-31(18(3)4,19(5)6)20(7)8/h10-14,17-20,22,27-28H,15-16H2,1-9H3/t22-,24+,25-/m1/s1. The van der Waals surface area contributed by atoms with Crippen LogP contribution in [-0.4, -0.2) is 48.5 Å². The van der Waals surface area contributed by atoms with Crippen LogP contribution in [0.2, 0.25) is 16.6 Å². The maximum Gasteiger partial charge on any atom is 0.228 e. The molecular formula is C25H43NO4Si. The SMILES string of the molecule is CC(C)C[C@H]1OC(c2ccccc2)=N[C@]1(O)[C@@](C)(O)CO[Si](C(C)C)(C(C)C)C(C)C. The van der Waals surface area contributed by atoms with Crippen molar-refractivity contribution in [1.82, 2.24) is 0 Å². The van der Waals surface area contributed by atoms with E-state index in [1.807, 2.05) is 30.3 Å². The van der Waals surface area contributed by atoms with Gasteiger partial charge >= 0.3 is 0 Å². The van der Waals surface area contributed by atoms with Gasteiger partial charge in [0.1, 0.15) is 5.60 Å². The van der Waals surface area contributed by atoms with Gasteiger partial charge in [-0.05, 0) is 48.0 Å². The predicted octanol–water partition coefficient (Wildman–Crippen LogP) is 5.51. The van der Waals surface area contributed by atoms with E-state index in [-0.39, 0.29) is 12.5 Å². The highest BCUT2D eigenvalue weighted by Crippen LogP contribution is 2.44. The molecule has 5 nitrogen and oxygen atoms in total. The Labute approximate surface area is 190 Å². The van der Waals surface area contributed by atoms with Gasteiger partial charge in [-0.3, -0.25) is 0 Å². The van der Waals surface area contributed by atoms with Crippen LogP contribution in [0.1, 0.15) is 74.3 Å². The van der Waals surface area contributed by atoms with Crippen LogP contribution in [0.15, 0.2) is 35.3 Å². The summed E-state index contributed by atoms with van der Waals surface area (Å²) < 4.78 is 12.8. The van der Waals surface area contributed by atoms with E-state index in [1.165, 1.54) is 0 Å². The van der Waals surface area contributed by atoms with E-state index in [2.05, 4.69) is 60.4 Å². The van der Waals surface area contributed by atoms with Crippen LogP contribution in [0.5, 0.6) is 0 Å². The fourth-order valence-electron chi connectivity index (χ4n) is 5.16. The summed E-state index contributed by atoms with van der Waals surface area (Å²) in [5, 5.41) is 23.3. The van der Waals surface area contributed by atoms with Crippen LogP contribution in [-0.2, 0) is 9.16 Å². The molecule has 1 aliphatic rings. The molecule has 31 heavy (non-hydrogen) atoms. The zero-order valence-corrected chi connectivity index (χ0v) is 21.8. The summed E-state index contributed by atoms with van der Waals surface area (Å²) >= 11 is 0. The molecule has 0 amide bonds. The number of ether oxygens (including phenoxy) is 1. The highest BCUT2D eigenvalue weighted by Gasteiger charge is 2.58. The molecule has 0 fully saturated rings. The topological polar surface area (TPSA) is 71.3 Å². The molecule has 0 saturated heterocycles. The van der Waals surface area contributed by atoms with Gasteiger partial charge in [-0.25, -0.2) is 4.99 Å². The summed E-state index contributed by atoms with van der Waals surface area (Å²) in [6, 6.07) is 9.54. The van der Waals surface area contributed by atoms with Crippen molar-refractivity contribution in [2.75, 3.05) is 6.61 Å². The lowest BCUT2D eigenvalue weighted by atomic mass is 9.85. The van der Waals surface area contributed by atoms with Crippen molar-refractivity contribution in [3.63, 3.8) is 0 Å². The van der Waals surface area contributed by atoms with Crippen molar-refractivity contribution in [3.8, 4) is 0 Å². The third-order valence-electron chi connectivity index (χ3n) is 6.78. The van der Waals surface area contributed by atoms with Gasteiger partial charge in [-0.15, -0.1) is 0 Å². The van der Waals surface area contributed by atoms with Crippen LogP contribution >= 0.6 is 0 Å². The van der Waals surface area contributed by atoms with Crippen LogP contribution in [0, 0.1) is 5.92 Å². The zero-order valence-electron chi connectivity index (χ0n) is 20.8. The quantitative estimate of drug-likeness (QED) is 0.462. The van der Waals surface area contributed by atoms with E-state index in [9.17, 15) is 10.2 Å². The van der Waals surface area contributed by atoms with E-state index in [1.54, 1.807) is 6.92 Å². The second-order valence-corrected chi connectivity index (χ2v) is 16.1. The highest BCUT2D eigenvalue weighted by atomic mass is 28.4. The van der Waals surface area contributed by atoms with Crippen LogP contribution in [0.3, 0.4) is 0 Å². The van der Waals surface area contributed by atoms with Crippen LogP contribution in [0.4, 0.5) is 0 Å². The minimum atomic E-state index is -2.22. The Hall–Kier alpha value is -1.21. The summed E-state index contributed by atoms with van der Waals surface area (Å²) in [7, 11) is -2.22. The number of aliphatic imine (C=N–C) groups is 1. The van der Waals surface area contributed by atoms with Crippen molar-refractivity contribution < 1.29 is 19.4 Å². The Balaban J connectivity index is 2.40. The lowest BCUT2D eigenvalue weighted by Gasteiger charge is -2.46. The summed E-state index contributed by atoms with van der Waals surface area (Å²) in [5.41, 5.74) is -1.44. The van der Waals surface area contributed by atoms with Gasteiger partial charge in [-0.1, -0.05) is 73.6 Å². The monoisotopic (exact) mass is 449 g/mol. The van der Waals surface area contributed by atoms with Gasteiger partial charge in [0.2, 0.25) is 11.6 Å². The molecule has 0 spiro atoms. The molecule has 0 bridgehead atoms. The van der Waals surface area contributed by atoms with Crippen molar-refractivity contribution in [1.29, 1.82) is 0 Å². The van der Waals surface area contributed by atoms with E-state index in [0.29, 0.717) is 28.9 Å². The molecule has 2 rings (SSSR count). The molecule has 1 heterocycles. The van der Waals surface area contributed by atoms with Crippen molar-refractivity contribution in [2.45, 2.75) is 103 Å². The molecule has 0 aliphatic carbocycles. The fourth-order valence-corrected chi connectivity index (χ4v) is 10.7. The van der Waals surface area contributed by atoms with E-state index >= 15 is 0 Å². The molecule has 2 N–H and O–H groups in total. The predicted molar refractivity (Wildman–Crippen MR) is 130 cm³/mol. The average molecular weight is 450 g/mol. The van der Waals surface area contributed by atoms with E-state index < -0.39 is 25.7 Å². The van der Waals surface area contributed by atoms with Crippen molar-refractivity contribution in [2.24, 2.45) is 10.9 Å². The lowest BCUT2D eigenvalue weighted by molar-refractivity contribution is -0.188. The number of aliphatic hydroxyl groups is 2. The zero-order chi connectivity index (χ0) is 23.6. The maximum atomic E-state index is 11.7. The highest BCUT2D eigenvalue weighted by molar-refractivity contribution is 6.77.